The Balaban J connectivity index is 2.68. The van der Waals surface area contributed by atoms with Crippen LogP contribution in [0, 0.1) is 0 Å². The lowest BCUT2D eigenvalue weighted by Gasteiger charge is -2.18. The van der Waals surface area contributed by atoms with Gasteiger partial charge < -0.3 is 19.7 Å². The highest BCUT2D eigenvalue weighted by Crippen LogP contribution is 2.12. The van der Waals surface area contributed by atoms with Crippen molar-refractivity contribution in [2.75, 3.05) is 44.6 Å². The molecule has 0 saturated carbocycles. The van der Waals surface area contributed by atoms with Crippen molar-refractivity contribution in [3.05, 3.63) is 0 Å². The van der Waals surface area contributed by atoms with E-state index >= 15 is 0 Å². The first kappa shape index (κ1) is 14.4. The van der Waals surface area contributed by atoms with Crippen molar-refractivity contribution in [1.29, 1.82) is 0 Å². The maximum atomic E-state index is 5.49. The second kappa shape index (κ2) is 6.95. The van der Waals surface area contributed by atoms with Crippen molar-refractivity contribution in [1.82, 2.24) is 15.0 Å². The maximum absolute atomic E-state index is 5.49. The van der Waals surface area contributed by atoms with Crippen LogP contribution in [-0.2, 0) is 4.74 Å². The summed E-state index contributed by atoms with van der Waals surface area (Å²) in [5.41, 5.74) is 0. The van der Waals surface area contributed by atoms with Gasteiger partial charge in [-0.15, -0.1) is 0 Å². The molecule has 0 atom stereocenters. The van der Waals surface area contributed by atoms with E-state index in [0.717, 1.165) is 0 Å². The molecule has 1 aromatic heterocycles. The SMILES string of the molecule is CNc1nc(OC)nc(N(C)CCOC(C)C)n1. The lowest BCUT2D eigenvalue weighted by molar-refractivity contribution is 0.0844. The van der Waals surface area contributed by atoms with Crippen molar-refractivity contribution in [3.8, 4) is 6.01 Å². The summed E-state index contributed by atoms with van der Waals surface area (Å²) < 4.78 is 10.5. The van der Waals surface area contributed by atoms with E-state index < -0.39 is 0 Å². The van der Waals surface area contributed by atoms with Crippen LogP contribution in [0.3, 0.4) is 0 Å². The smallest absolute Gasteiger partial charge is 0.322 e. The zero-order valence-electron chi connectivity index (χ0n) is 11.6. The fraction of sp³-hybridized carbons (Fsp3) is 0.727. The van der Waals surface area contributed by atoms with Crippen LogP contribution in [0.2, 0.25) is 0 Å². The van der Waals surface area contributed by atoms with Crippen LogP contribution in [0.1, 0.15) is 13.8 Å². The number of hydrogen-bond donors (Lipinski definition) is 1. The third kappa shape index (κ3) is 4.33. The summed E-state index contributed by atoms with van der Waals surface area (Å²) in [6.45, 7) is 5.34. The van der Waals surface area contributed by atoms with Gasteiger partial charge in [0.25, 0.3) is 0 Å². The molecule has 7 heteroatoms. The summed E-state index contributed by atoms with van der Waals surface area (Å²) >= 11 is 0. The van der Waals surface area contributed by atoms with Crippen LogP contribution < -0.4 is 15.0 Å². The number of hydrogen-bond acceptors (Lipinski definition) is 7. The van der Waals surface area contributed by atoms with E-state index in [-0.39, 0.29) is 6.10 Å². The molecule has 0 radical (unpaired) electrons. The van der Waals surface area contributed by atoms with E-state index in [1.165, 1.54) is 7.11 Å². The van der Waals surface area contributed by atoms with Gasteiger partial charge in [0.15, 0.2) is 0 Å². The van der Waals surface area contributed by atoms with Gasteiger partial charge in [0.05, 0.1) is 19.8 Å². The molecular formula is C11H21N5O2. The highest BCUT2D eigenvalue weighted by molar-refractivity contribution is 5.37. The van der Waals surface area contributed by atoms with Crippen LogP contribution >= 0.6 is 0 Å². The first-order valence-corrected chi connectivity index (χ1v) is 5.87. The summed E-state index contributed by atoms with van der Waals surface area (Å²) in [5.74, 6) is 1.03. The van der Waals surface area contributed by atoms with Gasteiger partial charge in [0.1, 0.15) is 0 Å². The molecule has 0 fully saturated rings. The number of nitrogens with zero attached hydrogens (tertiary/aromatic N) is 4. The number of methoxy groups -OCH3 is 1. The molecular weight excluding hydrogens is 234 g/mol. The van der Waals surface area contributed by atoms with Gasteiger partial charge in [0, 0.05) is 20.6 Å². The quantitative estimate of drug-likeness (QED) is 0.772. The van der Waals surface area contributed by atoms with Gasteiger partial charge in [-0.3, -0.25) is 0 Å². The van der Waals surface area contributed by atoms with Crippen molar-refractivity contribution in [3.63, 3.8) is 0 Å². The van der Waals surface area contributed by atoms with Crippen LogP contribution in [0.4, 0.5) is 11.9 Å². The molecule has 1 aromatic rings. The summed E-state index contributed by atoms with van der Waals surface area (Å²) in [6.07, 6.45) is 0.221. The molecule has 0 aliphatic rings. The second-order valence-corrected chi connectivity index (χ2v) is 4.04. The Morgan fingerprint density at radius 2 is 2.00 bits per heavy atom. The second-order valence-electron chi connectivity index (χ2n) is 4.04. The van der Waals surface area contributed by atoms with Crippen molar-refractivity contribution in [2.45, 2.75) is 20.0 Å². The van der Waals surface area contributed by atoms with E-state index in [1.807, 2.05) is 25.8 Å². The molecule has 0 bridgehead atoms. The van der Waals surface area contributed by atoms with Crippen molar-refractivity contribution < 1.29 is 9.47 Å². The summed E-state index contributed by atoms with van der Waals surface area (Å²) in [7, 11) is 5.18. The van der Waals surface area contributed by atoms with Gasteiger partial charge in [-0.2, -0.15) is 15.0 Å². The summed E-state index contributed by atoms with van der Waals surface area (Å²) in [4.78, 5) is 14.4. The molecule has 0 aromatic carbocycles. The van der Waals surface area contributed by atoms with Crippen LogP contribution in [-0.4, -0.2) is 55.4 Å². The van der Waals surface area contributed by atoms with E-state index in [4.69, 9.17) is 9.47 Å². The lowest BCUT2D eigenvalue weighted by Crippen LogP contribution is -2.26. The predicted molar refractivity (Wildman–Crippen MR) is 70.3 cm³/mol. The first-order valence-electron chi connectivity index (χ1n) is 5.87. The van der Waals surface area contributed by atoms with Crippen molar-refractivity contribution >= 4 is 11.9 Å². The molecule has 0 aliphatic carbocycles. The van der Waals surface area contributed by atoms with Gasteiger partial charge in [-0.1, -0.05) is 0 Å². The molecule has 0 amide bonds. The molecule has 18 heavy (non-hydrogen) atoms. The number of rotatable bonds is 7. The number of aromatic nitrogens is 3. The summed E-state index contributed by atoms with van der Waals surface area (Å²) in [6, 6.07) is 0.293. The number of anilines is 2. The van der Waals surface area contributed by atoms with Crippen LogP contribution in [0.25, 0.3) is 0 Å². The average molecular weight is 255 g/mol. The molecule has 7 nitrogen and oxygen atoms in total. The Bertz CT molecular complexity index is 350. The standard InChI is InChI=1S/C11H21N5O2/c1-8(2)18-7-6-16(4)10-13-9(12-3)14-11(15-10)17-5/h8H,6-7H2,1-5H3,(H,12,13,14,15). The normalized spacial score (nSPS) is 10.6. The maximum Gasteiger partial charge on any atom is 0.322 e. The Hall–Kier alpha value is -1.63. The fourth-order valence-corrected chi connectivity index (χ4v) is 1.25. The number of ether oxygens (including phenoxy) is 2. The molecule has 0 saturated heterocycles. The third-order valence-corrected chi connectivity index (χ3v) is 2.23. The topological polar surface area (TPSA) is 72.4 Å². The molecule has 1 rings (SSSR count). The Morgan fingerprint density at radius 1 is 1.28 bits per heavy atom. The van der Waals surface area contributed by atoms with Gasteiger partial charge >= 0.3 is 6.01 Å². The monoisotopic (exact) mass is 255 g/mol. The Morgan fingerprint density at radius 3 is 2.56 bits per heavy atom. The van der Waals surface area contributed by atoms with Crippen LogP contribution in [0.5, 0.6) is 6.01 Å². The fourth-order valence-electron chi connectivity index (χ4n) is 1.25. The Kier molecular flexibility index (Phi) is 5.57. The highest BCUT2D eigenvalue weighted by Gasteiger charge is 2.10. The van der Waals surface area contributed by atoms with E-state index in [9.17, 15) is 0 Å². The average Bonchev–Trinajstić information content (AvgIpc) is 2.37. The molecule has 0 spiro atoms. The third-order valence-electron chi connectivity index (χ3n) is 2.23. The lowest BCUT2D eigenvalue weighted by atomic mass is 10.5. The Labute approximate surface area is 108 Å². The van der Waals surface area contributed by atoms with Crippen LogP contribution in [0.15, 0.2) is 0 Å². The molecule has 0 unspecified atom stereocenters. The van der Waals surface area contributed by atoms with Gasteiger partial charge in [-0.25, -0.2) is 0 Å². The van der Waals surface area contributed by atoms with E-state index in [2.05, 4.69) is 20.3 Å². The number of nitrogens with one attached hydrogen (secondary N) is 1. The molecule has 1 N–H and O–H groups in total. The minimum absolute atomic E-state index is 0.221. The van der Waals surface area contributed by atoms with E-state index in [0.29, 0.717) is 31.1 Å². The minimum atomic E-state index is 0.221. The summed E-state index contributed by atoms with van der Waals surface area (Å²) in [5, 5.41) is 2.87. The minimum Gasteiger partial charge on any atom is -0.467 e. The van der Waals surface area contributed by atoms with E-state index in [1.54, 1.807) is 7.05 Å². The number of likely N-dealkylation sites (N-methyl/N-ethyl adjacent to an activating group) is 1. The molecule has 102 valence electrons. The predicted octanol–water partition coefficient (Wildman–Crippen LogP) is 0.783. The highest BCUT2D eigenvalue weighted by atomic mass is 16.5. The van der Waals surface area contributed by atoms with Crippen molar-refractivity contribution in [2.24, 2.45) is 0 Å². The van der Waals surface area contributed by atoms with Gasteiger partial charge in [0.2, 0.25) is 11.9 Å². The zero-order chi connectivity index (χ0) is 13.5. The molecule has 0 aliphatic heterocycles. The van der Waals surface area contributed by atoms with Gasteiger partial charge in [-0.05, 0) is 13.8 Å². The zero-order valence-corrected chi connectivity index (χ0v) is 11.6. The first-order chi connectivity index (χ1) is 8.56. The molecule has 1 heterocycles. The largest absolute Gasteiger partial charge is 0.467 e.